The lowest BCUT2D eigenvalue weighted by molar-refractivity contribution is 0.198. The number of halogens is 1. The second-order valence-electron chi connectivity index (χ2n) is 5.70. The Hall–Kier alpha value is -3.04. The van der Waals surface area contributed by atoms with E-state index in [0.717, 1.165) is 6.07 Å². The molecule has 0 spiro atoms. The summed E-state index contributed by atoms with van der Waals surface area (Å²) in [6.45, 7) is 6.32. The van der Waals surface area contributed by atoms with E-state index in [2.05, 4.69) is 5.32 Å². The average molecular weight is 298 g/mol. The van der Waals surface area contributed by atoms with E-state index in [4.69, 9.17) is 20.5 Å². The Morgan fingerprint density at radius 2 is 1.82 bits per heavy atom. The molecule has 0 saturated heterocycles. The molecule has 112 valence electrons. The second-order valence-corrected chi connectivity index (χ2v) is 5.70. The van der Waals surface area contributed by atoms with E-state index >= 15 is 0 Å². The molecule has 1 aromatic carbocycles. The Morgan fingerprint density at radius 1 is 1.18 bits per heavy atom. The van der Waals surface area contributed by atoms with Crippen LogP contribution < -0.4 is 10.1 Å². The van der Waals surface area contributed by atoms with Crippen LogP contribution in [-0.2, 0) is 0 Å². The minimum absolute atomic E-state index is 0.107. The molecule has 0 unspecified atom stereocenters. The molecule has 0 atom stereocenters. The van der Waals surface area contributed by atoms with Crippen molar-refractivity contribution in [3.8, 4) is 24.0 Å². The number of hydrogen-bond donors (Lipinski definition) is 1. The molecule has 0 amide bonds. The fourth-order valence-corrected chi connectivity index (χ4v) is 1.44. The van der Waals surface area contributed by atoms with Gasteiger partial charge >= 0.3 is 0 Å². The molecule has 0 saturated carbocycles. The van der Waals surface area contributed by atoms with Gasteiger partial charge < -0.3 is 10.1 Å². The first kappa shape index (κ1) is 17.0. The van der Waals surface area contributed by atoms with Gasteiger partial charge in [-0.15, -0.1) is 0 Å². The summed E-state index contributed by atoms with van der Waals surface area (Å²) in [5.74, 6) is -0.197. The van der Waals surface area contributed by atoms with Crippen LogP contribution in [-0.4, -0.2) is 6.61 Å². The fourth-order valence-electron chi connectivity index (χ4n) is 1.44. The van der Waals surface area contributed by atoms with Crippen LogP contribution in [0, 0.1) is 45.2 Å². The van der Waals surface area contributed by atoms with E-state index in [-0.39, 0.29) is 22.4 Å². The number of nitriles is 3. The van der Waals surface area contributed by atoms with Crippen LogP contribution in [0.3, 0.4) is 0 Å². The number of nitrogens with one attached hydrogen (secondary N) is 1. The highest BCUT2D eigenvalue weighted by Gasteiger charge is 2.15. The van der Waals surface area contributed by atoms with E-state index in [9.17, 15) is 4.39 Å². The van der Waals surface area contributed by atoms with Crippen LogP contribution in [0.15, 0.2) is 29.5 Å². The Bertz CT molecular complexity index is 696. The van der Waals surface area contributed by atoms with Gasteiger partial charge in [-0.05, 0) is 17.5 Å². The van der Waals surface area contributed by atoms with Crippen molar-refractivity contribution in [3.05, 3.63) is 35.3 Å². The van der Waals surface area contributed by atoms with Crippen molar-refractivity contribution in [2.45, 2.75) is 20.8 Å². The van der Waals surface area contributed by atoms with Crippen LogP contribution in [0.4, 0.5) is 10.1 Å². The van der Waals surface area contributed by atoms with Gasteiger partial charge in [0.15, 0.2) is 5.57 Å². The molecule has 1 N–H and O–H groups in total. The number of rotatable bonds is 4. The summed E-state index contributed by atoms with van der Waals surface area (Å²) in [5, 5.41) is 29.2. The summed E-state index contributed by atoms with van der Waals surface area (Å²) in [6, 6.07) is 8.74. The van der Waals surface area contributed by atoms with Gasteiger partial charge in [0.25, 0.3) is 0 Å². The monoisotopic (exact) mass is 298 g/mol. The van der Waals surface area contributed by atoms with E-state index in [1.165, 1.54) is 12.1 Å². The molecule has 0 aliphatic rings. The molecule has 0 aromatic heterocycles. The van der Waals surface area contributed by atoms with Crippen molar-refractivity contribution < 1.29 is 9.13 Å². The van der Waals surface area contributed by atoms with Crippen molar-refractivity contribution >= 4 is 5.69 Å². The van der Waals surface area contributed by atoms with Crippen LogP contribution >= 0.6 is 0 Å². The number of hydrogen-bond acceptors (Lipinski definition) is 5. The van der Waals surface area contributed by atoms with E-state index in [0.29, 0.717) is 12.4 Å². The topological polar surface area (TPSA) is 92.6 Å². The maximum absolute atomic E-state index is 13.4. The molecule has 0 fully saturated rings. The molecule has 6 heteroatoms. The van der Waals surface area contributed by atoms with E-state index in [1.54, 1.807) is 18.2 Å². The average Bonchev–Trinajstić information content (AvgIpc) is 2.45. The first-order valence-electron chi connectivity index (χ1n) is 6.44. The predicted octanol–water partition coefficient (Wildman–Crippen LogP) is 3.49. The van der Waals surface area contributed by atoms with E-state index < -0.39 is 5.82 Å². The first-order valence-corrected chi connectivity index (χ1v) is 6.44. The molecule has 0 heterocycles. The van der Waals surface area contributed by atoms with Crippen LogP contribution in [0.2, 0.25) is 0 Å². The zero-order chi connectivity index (χ0) is 16.8. The minimum Gasteiger partial charge on any atom is -0.491 e. The van der Waals surface area contributed by atoms with E-state index in [1.807, 2.05) is 20.8 Å². The maximum atomic E-state index is 13.4. The normalized spacial score (nSPS) is 9.86. The zero-order valence-corrected chi connectivity index (χ0v) is 12.6. The van der Waals surface area contributed by atoms with Crippen LogP contribution in [0.5, 0.6) is 5.75 Å². The van der Waals surface area contributed by atoms with Crippen molar-refractivity contribution in [1.82, 2.24) is 0 Å². The summed E-state index contributed by atoms with van der Waals surface area (Å²) >= 11 is 0. The zero-order valence-electron chi connectivity index (χ0n) is 12.6. The molecule has 22 heavy (non-hydrogen) atoms. The highest BCUT2D eigenvalue weighted by atomic mass is 19.1. The maximum Gasteiger partial charge on any atom is 0.163 e. The molecule has 5 nitrogen and oxygen atoms in total. The standard InChI is InChI=1S/C16H15FN4O/c1-16(2,3)10-22-15-5-4-12(17)6-13(15)21-14(9-20)11(7-18)8-19/h4-6,21H,10H2,1-3H3. The number of nitrogens with zero attached hydrogens (tertiary/aromatic N) is 3. The second kappa shape index (κ2) is 7.11. The third kappa shape index (κ3) is 4.81. The van der Waals surface area contributed by atoms with Gasteiger partial charge in [0.1, 0.15) is 35.5 Å². The van der Waals surface area contributed by atoms with Crippen molar-refractivity contribution in [2.24, 2.45) is 5.41 Å². The Labute approximate surface area is 128 Å². The highest BCUT2D eigenvalue weighted by molar-refractivity contribution is 5.64. The number of benzene rings is 1. The number of ether oxygens (including phenoxy) is 1. The summed E-state index contributed by atoms with van der Waals surface area (Å²) in [6.07, 6.45) is 0. The van der Waals surface area contributed by atoms with Gasteiger partial charge in [-0.25, -0.2) is 4.39 Å². The SMILES string of the molecule is CC(C)(C)COc1ccc(F)cc1NC(C#N)=C(C#N)C#N. The third-order valence-electron chi connectivity index (χ3n) is 2.45. The first-order chi connectivity index (χ1) is 10.3. The minimum atomic E-state index is -0.529. The highest BCUT2D eigenvalue weighted by Crippen LogP contribution is 2.29. The van der Waals surface area contributed by atoms with Crippen LogP contribution in [0.1, 0.15) is 20.8 Å². The lowest BCUT2D eigenvalue weighted by atomic mass is 9.99. The van der Waals surface area contributed by atoms with Gasteiger partial charge in [-0.1, -0.05) is 20.8 Å². The number of allylic oxidation sites excluding steroid dienone is 2. The Balaban J connectivity index is 3.17. The Kier molecular flexibility index (Phi) is 5.50. The van der Waals surface area contributed by atoms with Gasteiger partial charge in [-0.2, -0.15) is 15.8 Å². The van der Waals surface area contributed by atoms with Gasteiger partial charge in [0.05, 0.1) is 12.3 Å². The number of anilines is 1. The third-order valence-corrected chi connectivity index (χ3v) is 2.45. The van der Waals surface area contributed by atoms with Gasteiger partial charge in [-0.3, -0.25) is 0 Å². The van der Waals surface area contributed by atoms with Crippen molar-refractivity contribution in [1.29, 1.82) is 15.8 Å². The van der Waals surface area contributed by atoms with Crippen molar-refractivity contribution in [2.75, 3.05) is 11.9 Å². The summed E-state index contributed by atoms with van der Waals surface area (Å²) < 4.78 is 19.0. The molecule has 0 aliphatic carbocycles. The predicted molar refractivity (Wildman–Crippen MR) is 78.8 cm³/mol. The molecular formula is C16H15FN4O. The smallest absolute Gasteiger partial charge is 0.163 e. The summed E-state index contributed by atoms with van der Waals surface area (Å²) in [4.78, 5) is 0. The summed E-state index contributed by atoms with van der Waals surface area (Å²) in [5.41, 5.74) is -0.558. The molecule has 1 aromatic rings. The lowest BCUT2D eigenvalue weighted by Gasteiger charge is -2.20. The van der Waals surface area contributed by atoms with Gasteiger partial charge in [0, 0.05) is 6.07 Å². The molecule has 1 rings (SSSR count). The molecular weight excluding hydrogens is 283 g/mol. The lowest BCUT2D eigenvalue weighted by Crippen LogP contribution is -2.17. The quantitative estimate of drug-likeness (QED) is 0.859. The van der Waals surface area contributed by atoms with Crippen LogP contribution in [0.25, 0.3) is 0 Å². The molecule has 0 aliphatic heterocycles. The van der Waals surface area contributed by atoms with Crippen molar-refractivity contribution in [3.63, 3.8) is 0 Å². The summed E-state index contributed by atoms with van der Waals surface area (Å²) in [7, 11) is 0. The molecule has 0 radical (unpaired) electrons. The van der Waals surface area contributed by atoms with Gasteiger partial charge in [0.2, 0.25) is 0 Å². The molecule has 0 bridgehead atoms. The fraction of sp³-hybridized carbons (Fsp3) is 0.312. The Morgan fingerprint density at radius 3 is 2.32 bits per heavy atom. The largest absolute Gasteiger partial charge is 0.491 e.